The molecule has 0 spiro atoms. The molecule has 31 heavy (non-hydrogen) atoms. The summed E-state index contributed by atoms with van der Waals surface area (Å²) in [6.45, 7) is 16.0. The third-order valence-corrected chi connectivity index (χ3v) is 5.43. The molecule has 8 nitrogen and oxygen atoms in total. The second kappa shape index (κ2) is 18.5. The number of nitrogens with two attached hydrogens (primary N) is 1. The first-order chi connectivity index (χ1) is 15.4. The van der Waals surface area contributed by atoms with Gasteiger partial charge in [-0.25, -0.2) is 0 Å². The summed E-state index contributed by atoms with van der Waals surface area (Å²) in [6.07, 6.45) is 1.14. The maximum absolute atomic E-state index is 5.46. The van der Waals surface area contributed by atoms with Crippen molar-refractivity contribution in [3.63, 3.8) is 0 Å². The fourth-order valence-corrected chi connectivity index (χ4v) is 3.59. The zero-order chi connectivity index (χ0) is 21.8. The van der Waals surface area contributed by atoms with E-state index < -0.39 is 0 Å². The molecule has 1 aromatic rings. The van der Waals surface area contributed by atoms with Gasteiger partial charge >= 0.3 is 0 Å². The van der Waals surface area contributed by atoms with E-state index in [1.165, 1.54) is 11.1 Å². The first-order valence-electron chi connectivity index (χ1n) is 12.1. The third-order valence-electron chi connectivity index (χ3n) is 5.43. The van der Waals surface area contributed by atoms with E-state index in [9.17, 15) is 0 Å². The van der Waals surface area contributed by atoms with Gasteiger partial charge in [0.1, 0.15) is 0 Å². The van der Waals surface area contributed by atoms with Gasteiger partial charge in [-0.3, -0.25) is 4.90 Å². The van der Waals surface area contributed by atoms with Gasteiger partial charge in [0.25, 0.3) is 0 Å². The van der Waals surface area contributed by atoms with E-state index >= 15 is 0 Å². The number of rotatable bonds is 13. The molecule has 0 radical (unpaired) electrons. The van der Waals surface area contributed by atoms with Gasteiger partial charge in [0.05, 0.1) is 0 Å². The van der Waals surface area contributed by atoms with Crippen LogP contribution in [0.15, 0.2) is 24.3 Å². The molecule has 0 saturated carbocycles. The maximum Gasteiger partial charge on any atom is 0.0234 e. The Morgan fingerprint density at radius 2 is 1.23 bits per heavy atom. The summed E-state index contributed by atoms with van der Waals surface area (Å²) in [5.74, 6) is 0. The first kappa shape index (κ1) is 26.2. The standard InChI is InChI=1S/C23H46N8/c24-6-9-25-7-1-8-26-14-15-30-20-22-2-4-23(5-3-22)21-31-18-16-28-12-10-27-11-13-29-17-19-31/h2-5,25-30H,1,6-21,24H2. The molecule has 2 rings (SSSR count). The van der Waals surface area contributed by atoms with Crippen LogP contribution in [0.3, 0.4) is 0 Å². The Morgan fingerprint density at radius 3 is 1.87 bits per heavy atom. The fraction of sp³-hybridized carbons (Fsp3) is 0.739. The number of hydrogen-bond acceptors (Lipinski definition) is 8. The van der Waals surface area contributed by atoms with Gasteiger partial charge in [0.2, 0.25) is 0 Å². The minimum absolute atomic E-state index is 0.712. The highest BCUT2D eigenvalue weighted by atomic mass is 15.2. The smallest absolute Gasteiger partial charge is 0.0234 e. The van der Waals surface area contributed by atoms with Crippen LogP contribution in [0.5, 0.6) is 0 Å². The quantitative estimate of drug-likeness (QED) is 0.196. The minimum Gasteiger partial charge on any atom is -0.329 e. The monoisotopic (exact) mass is 434 g/mol. The summed E-state index contributed by atoms with van der Waals surface area (Å²) in [5, 5.41) is 20.8. The largest absolute Gasteiger partial charge is 0.329 e. The lowest BCUT2D eigenvalue weighted by Gasteiger charge is -2.24. The average Bonchev–Trinajstić information content (AvgIpc) is 2.78. The SMILES string of the molecule is NCCNCCCNCCNCc1ccc(CN2CCNCCNCCNCC2)cc1. The molecule has 8 heteroatoms. The second-order valence-electron chi connectivity index (χ2n) is 8.16. The van der Waals surface area contributed by atoms with Crippen LogP contribution in [0.2, 0.25) is 0 Å². The van der Waals surface area contributed by atoms with Crippen molar-refractivity contribution in [1.82, 2.24) is 36.8 Å². The summed E-state index contributed by atoms with van der Waals surface area (Å²) in [7, 11) is 0. The fourth-order valence-electron chi connectivity index (χ4n) is 3.59. The van der Waals surface area contributed by atoms with Crippen LogP contribution in [-0.4, -0.2) is 96.5 Å². The number of nitrogens with zero attached hydrogens (tertiary/aromatic N) is 1. The molecule has 178 valence electrons. The van der Waals surface area contributed by atoms with E-state index in [4.69, 9.17) is 5.73 Å². The Hall–Kier alpha value is -1.10. The second-order valence-corrected chi connectivity index (χ2v) is 8.16. The van der Waals surface area contributed by atoms with E-state index in [2.05, 4.69) is 61.1 Å². The summed E-state index contributed by atoms with van der Waals surface area (Å²) >= 11 is 0. The first-order valence-corrected chi connectivity index (χ1v) is 12.1. The summed E-state index contributed by atoms with van der Waals surface area (Å²) in [4.78, 5) is 2.54. The highest BCUT2D eigenvalue weighted by Gasteiger charge is 2.07. The van der Waals surface area contributed by atoms with Crippen LogP contribution in [0.4, 0.5) is 0 Å². The van der Waals surface area contributed by atoms with Crippen LogP contribution < -0.4 is 37.6 Å². The van der Waals surface area contributed by atoms with E-state index in [1.54, 1.807) is 0 Å². The van der Waals surface area contributed by atoms with Gasteiger partial charge in [0.15, 0.2) is 0 Å². The van der Waals surface area contributed by atoms with Crippen molar-refractivity contribution in [3.05, 3.63) is 35.4 Å². The van der Waals surface area contributed by atoms with Gasteiger partial charge in [-0.1, -0.05) is 24.3 Å². The van der Waals surface area contributed by atoms with Crippen molar-refractivity contribution >= 4 is 0 Å². The van der Waals surface area contributed by atoms with Crippen molar-refractivity contribution in [3.8, 4) is 0 Å². The molecule has 8 N–H and O–H groups in total. The van der Waals surface area contributed by atoms with Crippen molar-refractivity contribution in [2.75, 3.05) is 91.6 Å². The van der Waals surface area contributed by atoms with Crippen LogP contribution in [0, 0.1) is 0 Å². The van der Waals surface area contributed by atoms with Crippen molar-refractivity contribution in [2.24, 2.45) is 5.73 Å². The molecule has 0 aromatic heterocycles. The summed E-state index contributed by atoms with van der Waals surface area (Å²) in [5.41, 5.74) is 8.20. The van der Waals surface area contributed by atoms with Crippen LogP contribution in [0.1, 0.15) is 17.5 Å². The average molecular weight is 435 g/mol. The lowest BCUT2D eigenvalue weighted by molar-refractivity contribution is 0.263. The van der Waals surface area contributed by atoms with E-state index in [0.717, 1.165) is 105 Å². The van der Waals surface area contributed by atoms with Crippen LogP contribution >= 0.6 is 0 Å². The molecule has 0 bridgehead atoms. The number of nitrogens with one attached hydrogen (secondary N) is 6. The molecule has 1 aromatic carbocycles. The molecule has 0 atom stereocenters. The lowest BCUT2D eigenvalue weighted by atomic mass is 10.1. The molecule has 0 unspecified atom stereocenters. The number of hydrogen-bond donors (Lipinski definition) is 7. The Kier molecular flexibility index (Phi) is 15.6. The van der Waals surface area contributed by atoms with Gasteiger partial charge in [-0.05, 0) is 30.6 Å². The molecule has 1 saturated heterocycles. The molecule has 1 fully saturated rings. The lowest BCUT2D eigenvalue weighted by Crippen LogP contribution is -2.41. The molecule has 1 aliphatic heterocycles. The minimum atomic E-state index is 0.712. The Labute approximate surface area is 189 Å². The Morgan fingerprint density at radius 1 is 0.677 bits per heavy atom. The highest BCUT2D eigenvalue weighted by molar-refractivity contribution is 5.22. The molecule has 1 heterocycles. The molecule has 0 aliphatic carbocycles. The summed E-state index contributed by atoms with van der Waals surface area (Å²) < 4.78 is 0. The van der Waals surface area contributed by atoms with Gasteiger partial charge in [-0.2, -0.15) is 0 Å². The topological polar surface area (TPSA) is 101 Å². The molecular weight excluding hydrogens is 388 g/mol. The Bertz CT molecular complexity index is 513. The molecule has 1 aliphatic rings. The molecule has 0 amide bonds. The van der Waals surface area contributed by atoms with Crippen molar-refractivity contribution < 1.29 is 0 Å². The number of benzene rings is 1. The molecular formula is C23H46N8. The highest BCUT2D eigenvalue weighted by Crippen LogP contribution is 2.07. The van der Waals surface area contributed by atoms with E-state index in [1.807, 2.05) is 0 Å². The Balaban J connectivity index is 1.58. The van der Waals surface area contributed by atoms with Crippen LogP contribution in [-0.2, 0) is 13.1 Å². The predicted octanol–water partition coefficient (Wildman–Crippen LogP) is -1.11. The van der Waals surface area contributed by atoms with E-state index in [-0.39, 0.29) is 0 Å². The van der Waals surface area contributed by atoms with Crippen molar-refractivity contribution in [1.29, 1.82) is 0 Å². The predicted molar refractivity (Wildman–Crippen MR) is 131 cm³/mol. The van der Waals surface area contributed by atoms with Crippen molar-refractivity contribution in [2.45, 2.75) is 19.5 Å². The van der Waals surface area contributed by atoms with Gasteiger partial charge in [-0.15, -0.1) is 0 Å². The van der Waals surface area contributed by atoms with Gasteiger partial charge in [0, 0.05) is 91.6 Å². The zero-order valence-corrected chi connectivity index (χ0v) is 19.4. The maximum atomic E-state index is 5.46. The normalized spacial score (nSPS) is 17.2. The van der Waals surface area contributed by atoms with Crippen LogP contribution in [0.25, 0.3) is 0 Å². The van der Waals surface area contributed by atoms with E-state index in [0.29, 0.717) is 6.54 Å². The van der Waals surface area contributed by atoms with Gasteiger partial charge < -0.3 is 37.6 Å². The third kappa shape index (κ3) is 13.8. The summed E-state index contributed by atoms with van der Waals surface area (Å²) in [6, 6.07) is 9.09. The zero-order valence-electron chi connectivity index (χ0n) is 19.4.